The van der Waals surface area contributed by atoms with Crippen molar-refractivity contribution in [1.82, 2.24) is 0 Å². The summed E-state index contributed by atoms with van der Waals surface area (Å²) >= 11 is 0. The van der Waals surface area contributed by atoms with Gasteiger partial charge in [0, 0.05) is 17.3 Å². The lowest BCUT2D eigenvalue weighted by Crippen LogP contribution is -2.39. The molecule has 1 heterocycles. The third kappa shape index (κ3) is 4.13. The van der Waals surface area contributed by atoms with Crippen molar-refractivity contribution in [3.05, 3.63) is 84.2 Å². The summed E-state index contributed by atoms with van der Waals surface area (Å²) in [5, 5.41) is 3.08. The first-order chi connectivity index (χ1) is 12.2. The van der Waals surface area contributed by atoms with Crippen LogP contribution in [0.4, 0.5) is 5.69 Å². The molecule has 3 nitrogen and oxygen atoms in total. The molecular formula is C22H23N2O+. The number of aryl methyl sites for hydroxylation is 2. The van der Waals surface area contributed by atoms with Crippen molar-refractivity contribution < 1.29 is 9.36 Å². The van der Waals surface area contributed by atoms with E-state index in [2.05, 4.69) is 36.5 Å². The third-order valence-corrected chi connectivity index (χ3v) is 4.30. The fraction of sp³-hybridized carbons (Fsp3) is 0.182. The van der Waals surface area contributed by atoms with Crippen LogP contribution in [0, 0.1) is 6.92 Å². The Kier molecular flexibility index (Phi) is 5.24. The zero-order valence-electron chi connectivity index (χ0n) is 14.7. The molecule has 0 saturated heterocycles. The zero-order valence-corrected chi connectivity index (χ0v) is 14.7. The number of carbonyl (C=O) groups excluding carboxylic acids is 1. The summed E-state index contributed by atoms with van der Waals surface area (Å²) in [4.78, 5) is 12.5. The van der Waals surface area contributed by atoms with Crippen LogP contribution in [0.15, 0.2) is 73.1 Å². The number of hydrogen-bond donors (Lipinski definition) is 1. The second kappa shape index (κ2) is 7.75. The number of hydrogen-bond acceptors (Lipinski definition) is 1. The predicted molar refractivity (Wildman–Crippen MR) is 101 cm³/mol. The first-order valence-electron chi connectivity index (χ1n) is 8.60. The Bertz CT molecular complexity index is 872. The second-order valence-corrected chi connectivity index (χ2v) is 6.14. The summed E-state index contributed by atoms with van der Waals surface area (Å²) in [6, 6.07) is 20.3. The van der Waals surface area contributed by atoms with Crippen LogP contribution in [0.3, 0.4) is 0 Å². The standard InChI is InChI=1S/C22H22N2O/c1-3-18-12-7-9-17(2)22(18)23-21(25)16-24-14-8-13-20(15-24)19-10-5-4-6-11-19/h4-15H,3,16H2,1-2H3/p+1. The molecule has 1 aromatic heterocycles. The van der Waals surface area contributed by atoms with Gasteiger partial charge in [0.05, 0.1) is 0 Å². The molecule has 0 fully saturated rings. The Morgan fingerprint density at radius 1 is 0.960 bits per heavy atom. The molecular weight excluding hydrogens is 308 g/mol. The summed E-state index contributed by atoms with van der Waals surface area (Å²) in [5.74, 6) is -0.0146. The summed E-state index contributed by atoms with van der Waals surface area (Å²) in [7, 11) is 0. The van der Waals surface area contributed by atoms with Gasteiger partial charge in [-0.15, -0.1) is 0 Å². The van der Waals surface area contributed by atoms with E-state index in [4.69, 9.17) is 0 Å². The molecule has 25 heavy (non-hydrogen) atoms. The summed E-state index contributed by atoms with van der Waals surface area (Å²) in [6.07, 6.45) is 4.83. The Morgan fingerprint density at radius 3 is 2.48 bits per heavy atom. The fourth-order valence-corrected chi connectivity index (χ4v) is 2.97. The second-order valence-electron chi connectivity index (χ2n) is 6.14. The summed E-state index contributed by atoms with van der Waals surface area (Å²) in [5.41, 5.74) is 5.44. The minimum Gasteiger partial charge on any atom is -0.320 e. The number of carbonyl (C=O) groups is 1. The van der Waals surface area contributed by atoms with Crippen LogP contribution in [0.5, 0.6) is 0 Å². The molecule has 0 spiro atoms. The Hall–Kier alpha value is -2.94. The summed E-state index contributed by atoms with van der Waals surface area (Å²) in [6.45, 7) is 4.42. The lowest BCUT2D eigenvalue weighted by molar-refractivity contribution is -0.683. The molecule has 1 N–H and O–H groups in total. The molecule has 2 aromatic carbocycles. The number of para-hydroxylation sites is 1. The number of amides is 1. The van der Waals surface area contributed by atoms with E-state index in [1.165, 1.54) is 0 Å². The van der Waals surface area contributed by atoms with Gasteiger partial charge in [-0.1, -0.05) is 55.5 Å². The molecule has 0 aliphatic carbocycles. The lowest BCUT2D eigenvalue weighted by atomic mass is 10.1. The van der Waals surface area contributed by atoms with Crippen molar-refractivity contribution >= 4 is 11.6 Å². The molecule has 3 heteroatoms. The van der Waals surface area contributed by atoms with Gasteiger partial charge >= 0.3 is 0 Å². The number of pyridine rings is 1. The average molecular weight is 331 g/mol. The van der Waals surface area contributed by atoms with E-state index in [0.717, 1.165) is 34.4 Å². The smallest absolute Gasteiger partial charge is 0.290 e. The van der Waals surface area contributed by atoms with Gasteiger partial charge in [-0.05, 0) is 36.1 Å². The highest BCUT2D eigenvalue weighted by Gasteiger charge is 2.13. The summed E-state index contributed by atoms with van der Waals surface area (Å²) < 4.78 is 1.92. The molecule has 1 amide bonds. The normalized spacial score (nSPS) is 10.5. The minimum absolute atomic E-state index is 0.0146. The molecule has 0 saturated carbocycles. The van der Waals surface area contributed by atoms with Crippen molar-refractivity contribution in [1.29, 1.82) is 0 Å². The number of aromatic nitrogens is 1. The van der Waals surface area contributed by atoms with Gasteiger partial charge in [0.25, 0.3) is 5.91 Å². The van der Waals surface area contributed by atoms with E-state index >= 15 is 0 Å². The first-order valence-corrected chi connectivity index (χ1v) is 8.60. The van der Waals surface area contributed by atoms with Gasteiger partial charge in [0.15, 0.2) is 12.4 Å². The maximum absolute atomic E-state index is 12.5. The first kappa shape index (κ1) is 16.9. The Labute approximate surface area is 149 Å². The molecule has 3 aromatic rings. The van der Waals surface area contributed by atoms with Crippen molar-refractivity contribution in [3.8, 4) is 11.1 Å². The number of benzene rings is 2. The number of rotatable bonds is 5. The van der Waals surface area contributed by atoms with E-state index in [-0.39, 0.29) is 12.5 Å². The van der Waals surface area contributed by atoms with Gasteiger partial charge < -0.3 is 5.32 Å². The van der Waals surface area contributed by atoms with Gasteiger partial charge in [0.1, 0.15) is 0 Å². The van der Waals surface area contributed by atoms with Crippen molar-refractivity contribution in [2.45, 2.75) is 26.8 Å². The molecule has 0 atom stereocenters. The maximum Gasteiger partial charge on any atom is 0.290 e. The Morgan fingerprint density at radius 2 is 1.72 bits per heavy atom. The van der Waals surface area contributed by atoms with E-state index in [1.54, 1.807) is 0 Å². The average Bonchev–Trinajstić information content (AvgIpc) is 2.64. The van der Waals surface area contributed by atoms with E-state index in [9.17, 15) is 4.79 Å². The van der Waals surface area contributed by atoms with Crippen molar-refractivity contribution in [2.75, 3.05) is 5.32 Å². The quantitative estimate of drug-likeness (QED) is 0.700. The highest BCUT2D eigenvalue weighted by molar-refractivity contribution is 5.91. The van der Waals surface area contributed by atoms with E-state index in [1.807, 2.05) is 60.3 Å². The van der Waals surface area contributed by atoms with E-state index < -0.39 is 0 Å². The molecule has 0 aliphatic rings. The maximum atomic E-state index is 12.5. The third-order valence-electron chi connectivity index (χ3n) is 4.30. The van der Waals surface area contributed by atoms with Gasteiger partial charge in [0.2, 0.25) is 6.54 Å². The van der Waals surface area contributed by atoms with Gasteiger partial charge in [-0.25, -0.2) is 0 Å². The van der Waals surface area contributed by atoms with Crippen LogP contribution >= 0.6 is 0 Å². The zero-order chi connectivity index (χ0) is 17.6. The monoisotopic (exact) mass is 331 g/mol. The van der Waals surface area contributed by atoms with Crippen molar-refractivity contribution in [3.63, 3.8) is 0 Å². The van der Waals surface area contributed by atoms with Crippen LogP contribution < -0.4 is 9.88 Å². The topological polar surface area (TPSA) is 33.0 Å². The number of anilines is 1. The highest BCUT2D eigenvalue weighted by Crippen LogP contribution is 2.21. The van der Waals surface area contributed by atoms with Crippen molar-refractivity contribution in [2.24, 2.45) is 0 Å². The van der Waals surface area contributed by atoms with Crippen LogP contribution in [-0.4, -0.2) is 5.91 Å². The predicted octanol–water partition coefficient (Wildman–Crippen LogP) is 4.15. The molecule has 0 aliphatic heterocycles. The van der Waals surface area contributed by atoms with Gasteiger partial charge in [-0.2, -0.15) is 4.57 Å². The van der Waals surface area contributed by atoms with E-state index in [0.29, 0.717) is 0 Å². The van der Waals surface area contributed by atoms with Gasteiger partial charge in [-0.3, -0.25) is 4.79 Å². The molecule has 3 rings (SSSR count). The molecule has 0 bridgehead atoms. The number of nitrogens with zero attached hydrogens (tertiary/aromatic N) is 1. The van der Waals surface area contributed by atoms with Crippen LogP contribution in [0.1, 0.15) is 18.1 Å². The lowest BCUT2D eigenvalue weighted by Gasteiger charge is -2.12. The SMILES string of the molecule is CCc1cccc(C)c1NC(=O)C[n+]1cccc(-c2ccccc2)c1. The van der Waals surface area contributed by atoms with Crippen LogP contribution in [0.2, 0.25) is 0 Å². The molecule has 0 unspecified atom stereocenters. The Balaban J connectivity index is 1.76. The van der Waals surface area contributed by atoms with Crippen LogP contribution in [0.25, 0.3) is 11.1 Å². The largest absolute Gasteiger partial charge is 0.320 e. The highest BCUT2D eigenvalue weighted by atomic mass is 16.1. The molecule has 126 valence electrons. The minimum atomic E-state index is -0.0146. The van der Waals surface area contributed by atoms with Crippen LogP contribution in [-0.2, 0) is 17.8 Å². The number of nitrogens with one attached hydrogen (secondary N) is 1. The molecule has 0 radical (unpaired) electrons. The fourth-order valence-electron chi connectivity index (χ4n) is 2.97.